The van der Waals surface area contributed by atoms with Gasteiger partial charge in [0.2, 0.25) is 5.91 Å². The average molecular weight is 337 g/mol. The Kier molecular flexibility index (Phi) is 6.77. The Bertz CT molecular complexity index is 584. The van der Waals surface area contributed by atoms with Crippen LogP contribution in [0.4, 0.5) is 4.79 Å². The van der Waals surface area contributed by atoms with Crippen LogP contribution in [-0.2, 0) is 19.1 Å². The second-order valence-electron chi connectivity index (χ2n) is 6.21. The number of nitriles is 1. The molecule has 0 spiro atoms. The molecule has 8 nitrogen and oxygen atoms in total. The minimum Gasteiger partial charge on any atom is -0.463 e. The van der Waals surface area contributed by atoms with Crippen molar-refractivity contribution in [2.24, 2.45) is 0 Å². The zero-order chi connectivity index (χ0) is 18.3. The maximum absolute atomic E-state index is 12.2. The molecule has 0 saturated carbocycles. The Morgan fingerprint density at radius 3 is 2.54 bits per heavy atom. The maximum Gasteiger partial charge on any atom is 0.410 e. The van der Waals surface area contributed by atoms with Gasteiger partial charge in [-0.2, -0.15) is 5.26 Å². The quantitative estimate of drug-likeness (QED) is 0.778. The van der Waals surface area contributed by atoms with Gasteiger partial charge in [0.1, 0.15) is 12.0 Å². The zero-order valence-electron chi connectivity index (χ0n) is 14.5. The molecule has 0 fully saturated rings. The van der Waals surface area contributed by atoms with Gasteiger partial charge in [0, 0.05) is 12.2 Å². The Morgan fingerprint density at radius 2 is 2.00 bits per heavy atom. The van der Waals surface area contributed by atoms with Gasteiger partial charge in [-0.15, -0.1) is 0 Å². The number of hydrogen-bond donors (Lipinski definition) is 1. The van der Waals surface area contributed by atoms with Gasteiger partial charge in [-0.3, -0.25) is 4.79 Å². The van der Waals surface area contributed by atoms with E-state index in [1.807, 2.05) is 0 Å². The molecule has 0 atom stereocenters. The first-order valence-electron chi connectivity index (χ1n) is 7.71. The van der Waals surface area contributed by atoms with Gasteiger partial charge >= 0.3 is 12.1 Å². The van der Waals surface area contributed by atoms with Gasteiger partial charge in [-0.25, -0.2) is 9.59 Å². The summed E-state index contributed by atoms with van der Waals surface area (Å²) in [6.45, 7) is 7.44. The van der Waals surface area contributed by atoms with Gasteiger partial charge in [-0.1, -0.05) is 0 Å². The first-order chi connectivity index (χ1) is 11.2. The van der Waals surface area contributed by atoms with Crippen molar-refractivity contribution in [2.45, 2.75) is 46.1 Å². The molecule has 1 rings (SSSR count). The average Bonchev–Trinajstić information content (AvgIpc) is 2.45. The summed E-state index contributed by atoms with van der Waals surface area (Å²) in [7, 11) is 0. The van der Waals surface area contributed by atoms with E-state index in [-0.39, 0.29) is 38.2 Å². The molecule has 0 aromatic carbocycles. The number of rotatable bonds is 4. The van der Waals surface area contributed by atoms with Crippen LogP contribution in [0.1, 0.15) is 40.5 Å². The van der Waals surface area contributed by atoms with E-state index in [9.17, 15) is 14.4 Å². The fraction of sp³-hybridized carbons (Fsp3) is 0.625. The predicted molar refractivity (Wildman–Crippen MR) is 84.5 cm³/mol. The molecular formula is C16H23N3O5. The normalized spacial score (nSPS) is 14.7. The van der Waals surface area contributed by atoms with Crippen molar-refractivity contribution in [3.63, 3.8) is 0 Å². The van der Waals surface area contributed by atoms with Crippen molar-refractivity contribution >= 4 is 18.0 Å². The van der Waals surface area contributed by atoms with Crippen molar-refractivity contribution in [2.75, 3.05) is 19.7 Å². The minimum absolute atomic E-state index is 0.0141. The number of nitrogens with one attached hydrogen (secondary N) is 1. The van der Waals surface area contributed by atoms with E-state index in [0.29, 0.717) is 5.57 Å². The van der Waals surface area contributed by atoms with Gasteiger partial charge in [-0.05, 0) is 34.1 Å². The fourth-order valence-electron chi connectivity index (χ4n) is 2.09. The van der Waals surface area contributed by atoms with Crippen molar-refractivity contribution < 1.29 is 23.9 Å². The summed E-state index contributed by atoms with van der Waals surface area (Å²) in [6.07, 6.45) is -0.635. The Morgan fingerprint density at radius 1 is 1.33 bits per heavy atom. The maximum atomic E-state index is 12.2. The number of esters is 1. The van der Waals surface area contributed by atoms with Gasteiger partial charge in [0.25, 0.3) is 0 Å². The second kappa shape index (κ2) is 8.34. The van der Waals surface area contributed by atoms with Crippen molar-refractivity contribution in [1.82, 2.24) is 10.2 Å². The molecule has 1 N–H and O–H groups in total. The summed E-state index contributed by atoms with van der Waals surface area (Å²) in [6, 6.07) is 1.74. The van der Waals surface area contributed by atoms with Crippen molar-refractivity contribution in [3.8, 4) is 6.07 Å². The van der Waals surface area contributed by atoms with E-state index >= 15 is 0 Å². The van der Waals surface area contributed by atoms with Crippen LogP contribution in [0, 0.1) is 11.3 Å². The van der Waals surface area contributed by atoms with Crippen LogP contribution >= 0.6 is 0 Å². The Labute approximate surface area is 141 Å². The van der Waals surface area contributed by atoms with Crippen LogP contribution in [-0.4, -0.2) is 48.2 Å². The number of carbonyl (C=O) groups is 3. The summed E-state index contributed by atoms with van der Waals surface area (Å²) in [5.41, 5.74) is -0.0688. The van der Waals surface area contributed by atoms with E-state index in [4.69, 9.17) is 14.7 Å². The lowest BCUT2D eigenvalue weighted by Crippen LogP contribution is -2.44. The molecule has 132 valence electrons. The third kappa shape index (κ3) is 5.91. The first kappa shape index (κ1) is 19.5. The highest BCUT2D eigenvalue weighted by Crippen LogP contribution is 2.20. The fourth-order valence-corrected chi connectivity index (χ4v) is 2.09. The third-order valence-electron chi connectivity index (χ3n) is 3.05. The van der Waals surface area contributed by atoms with Gasteiger partial charge < -0.3 is 19.7 Å². The first-order valence-corrected chi connectivity index (χ1v) is 7.71. The van der Waals surface area contributed by atoms with Crippen LogP contribution in [0.2, 0.25) is 0 Å². The highest BCUT2D eigenvalue weighted by Gasteiger charge is 2.30. The summed E-state index contributed by atoms with van der Waals surface area (Å²) < 4.78 is 10.3. The molecule has 1 aliphatic heterocycles. The van der Waals surface area contributed by atoms with Crippen LogP contribution in [0.25, 0.3) is 0 Å². The molecule has 0 radical (unpaired) electrons. The van der Waals surface area contributed by atoms with Crippen LogP contribution in [0.3, 0.4) is 0 Å². The summed E-state index contributed by atoms with van der Waals surface area (Å²) in [5, 5.41) is 11.1. The van der Waals surface area contributed by atoms with Crippen molar-refractivity contribution in [1.29, 1.82) is 5.26 Å². The predicted octanol–water partition coefficient (Wildman–Crippen LogP) is 1.47. The standard InChI is InChI=1S/C16H23N3O5/c1-5-23-14(21)11-7-9-19(15(22)24-16(2,3)4)10-12(11)18-13(20)6-8-17/h5-7,9-10H2,1-4H3,(H,18,20). The van der Waals surface area contributed by atoms with Gasteiger partial charge in [0.15, 0.2) is 0 Å². The Hall–Kier alpha value is -2.56. The van der Waals surface area contributed by atoms with E-state index in [0.717, 1.165) is 0 Å². The zero-order valence-corrected chi connectivity index (χ0v) is 14.5. The van der Waals surface area contributed by atoms with E-state index in [1.165, 1.54) is 4.90 Å². The molecule has 0 aromatic heterocycles. The van der Waals surface area contributed by atoms with E-state index in [1.54, 1.807) is 33.8 Å². The number of amides is 2. The number of hydrogen-bond acceptors (Lipinski definition) is 6. The summed E-state index contributed by atoms with van der Waals surface area (Å²) >= 11 is 0. The molecule has 0 unspecified atom stereocenters. The largest absolute Gasteiger partial charge is 0.463 e. The SMILES string of the molecule is CCOC(=O)C1=C(NC(=O)CC#N)CN(C(=O)OC(C)(C)C)CC1. The number of ether oxygens (including phenoxy) is 2. The molecule has 0 bridgehead atoms. The third-order valence-corrected chi connectivity index (χ3v) is 3.05. The lowest BCUT2D eigenvalue weighted by molar-refractivity contribution is -0.139. The number of carbonyl (C=O) groups excluding carboxylic acids is 3. The molecule has 24 heavy (non-hydrogen) atoms. The monoisotopic (exact) mass is 337 g/mol. The Balaban J connectivity index is 2.96. The second-order valence-corrected chi connectivity index (χ2v) is 6.21. The molecule has 1 aliphatic rings. The molecule has 8 heteroatoms. The lowest BCUT2D eigenvalue weighted by Gasteiger charge is -2.32. The minimum atomic E-state index is -0.646. The van der Waals surface area contributed by atoms with E-state index in [2.05, 4.69) is 5.32 Å². The highest BCUT2D eigenvalue weighted by atomic mass is 16.6. The summed E-state index contributed by atoms with van der Waals surface area (Å²) in [5.74, 6) is -1.08. The van der Waals surface area contributed by atoms with E-state index < -0.39 is 23.6 Å². The summed E-state index contributed by atoms with van der Waals surface area (Å²) in [4.78, 5) is 37.3. The van der Waals surface area contributed by atoms with Crippen molar-refractivity contribution in [3.05, 3.63) is 11.3 Å². The highest BCUT2D eigenvalue weighted by molar-refractivity contribution is 5.91. The molecule has 2 amide bonds. The smallest absolute Gasteiger partial charge is 0.410 e. The number of nitrogens with zero attached hydrogens (tertiary/aromatic N) is 2. The van der Waals surface area contributed by atoms with Gasteiger partial charge in [0.05, 0.1) is 24.8 Å². The van der Waals surface area contributed by atoms with Crippen LogP contribution in [0.15, 0.2) is 11.3 Å². The topological polar surface area (TPSA) is 109 Å². The molecule has 0 saturated heterocycles. The molecular weight excluding hydrogens is 314 g/mol. The molecule has 0 aromatic rings. The molecule has 0 aliphatic carbocycles. The lowest BCUT2D eigenvalue weighted by atomic mass is 10.1. The molecule has 1 heterocycles. The van der Waals surface area contributed by atoms with Crippen LogP contribution in [0.5, 0.6) is 0 Å². The van der Waals surface area contributed by atoms with Crippen LogP contribution < -0.4 is 5.32 Å².